The molecule has 0 aromatic heterocycles. The number of rotatable bonds is 3. The zero-order valence-electron chi connectivity index (χ0n) is 12.1. The molecule has 3 heterocycles. The summed E-state index contributed by atoms with van der Waals surface area (Å²) in [6, 6.07) is 0. The molecule has 3 aliphatic heterocycles. The summed E-state index contributed by atoms with van der Waals surface area (Å²) in [5.41, 5.74) is -0.481. The number of hydrogen-bond donors (Lipinski definition) is 1. The molecule has 1 atom stereocenters. The molecule has 1 unspecified atom stereocenters. The summed E-state index contributed by atoms with van der Waals surface area (Å²) in [7, 11) is 0. The number of hydrogen-bond acceptors (Lipinski definition) is 5. The molecule has 2 fully saturated rings. The van der Waals surface area contributed by atoms with Gasteiger partial charge < -0.3 is 19.7 Å². The molecule has 0 aromatic rings. The van der Waals surface area contributed by atoms with Crippen LogP contribution in [0.4, 0.5) is 0 Å². The fourth-order valence-corrected chi connectivity index (χ4v) is 3.20. The summed E-state index contributed by atoms with van der Waals surface area (Å²) in [6.45, 7) is 6.87. The summed E-state index contributed by atoms with van der Waals surface area (Å²) >= 11 is 0. The molecule has 3 rings (SSSR count). The van der Waals surface area contributed by atoms with Gasteiger partial charge in [0.1, 0.15) is 11.4 Å². The van der Waals surface area contributed by atoms with Gasteiger partial charge in [-0.1, -0.05) is 0 Å². The van der Waals surface area contributed by atoms with Crippen molar-refractivity contribution in [2.75, 3.05) is 39.5 Å². The lowest BCUT2D eigenvalue weighted by Crippen LogP contribution is -2.49. The standard InChI is InChI=1S/C14H23N3O3/c1-11-15-13(18)14(16-11)3-6-17(7-4-14)5-2-12-10-19-8-9-20-12/h12H,2-10H2,1H3,(H,15,16,18). The van der Waals surface area contributed by atoms with E-state index in [1.54, 1.807) is 0 Å². The zero-order valence-corrected chi connectivity index (χ0v) is 12.1. The van der Waals surface area contributed by atoms with Crippen LogP contribution in [0.25, 0.3) is 0 Å². The molecule has 1 N–H and O–H groups in total. The Bertz CT molecular complexity index is 396. The van der Waals surface area contributed by atoms with Crippen LogP contribution in [0, 0.1) is 0 Å². The van der Waals surface area contributed by atoms with Crippen LogP contribution in [0.15, 0.2) is 4.99 Å². The first kappa shape index (κ1) is 14.0. The molecular formula is C14H23N3O3. The predicted octanol–water partition coefficient (Wildman–Crippen LogP) is 0.175. The van der Waals surface area contributed by atoms with E-state index in [1.807, 2.05) is 6.92 Å². The number of nitrogens with zero attached hydrogens (tertiary/aromatic N) is 2. The van der Waals surface area contributed by atoms with Crippen LogP contribution in [-0.2, 0) is 14.3 Å². The first-order chi connectivity index (χ1) is 9.68. The van der Waals surface area contributed by atoms with Gasteiger partial charge in [-0.3, -0.25) is 9.79 Å². The molecule has 3 aliphatic rings. The van der Waals surface area contributed by atoms with Crippen LogP contribution in [0.2, 0.25) is 0 Å². The molecule has 0 aromatic carbocycles. The van der Waals surface area contributed by atoms with E-state index in [-0.39, 0.29) is 12.0 Å². The highest BCUT2D eigenvalue weighted by atomic mass is 16.6. The van der Waals surface area contributed by atoms with Crippen molar-refractivity contribution in [3.05, 3.63) is 0 Å². The van der Waals surface area contributed by atoms with Gasteiger partial charge in [-0.25, -0.2) is 0 Å². The summed E-state index contributed by atoms with van der Waals surface area (Å²) in [4.78, 5) is 18.9. The first-order valence-electron chi connectivity index (χ1n) is 7.48. The van der Waals surface area contributed by atoms with E-state index >= 15 is 0 Å². The number of amides is 1. The van der Waals surface area contributed by atoms with Crippen molar-refractivity contribution in [3.63, 3.8) is 0 Å². The highest BCUT2D eigenvalue weighted by Gasteiger charge is 2.44. The predicted molar refractivity (Wildman–Crippen MR) is 74.8 cm³/mol. The molecule has 6 heteroatoms. The average molecular weight is 281 g/mol. The third-order valence-corrected chi connectivity index (χ3v) is 4.43. The second-order valence-corrected chi connectivity index (χ2v) is 5.88. The first-order valence-corrected chi connectivity index (χ1v) is 7.48. The van der Waals surface area contributed by atoms with Crippen molar-refractivity contribution in [1.29, 1.82) is 0 Å². The van der Waals surface area contributed by atoms with E-state index < -0.39 is 5.54 Å². The molecule has 0 radical (unpaired) electrons. The van der Waals surface area contributed by atoms with Gasteiger partial charge in [0.05, 0.1) is 25.9 Å². The second-order valence-electron chi connectivity index (χ2n) is 5.88. The molecule has 0 bridgehead atoms. The Balaban J connectivity index is 1.45. The smallest absolute Gasteiger partial charge is 0.253 e. The summed E-state index contributed by atoms with van der Waals surface area (Å²) in [5.74, 6) is 0.842. The van der Waals surface area contributed by atoms with E-state index in [2.05, 4.69) is 15.2 Å². The van der Waals surface area contributed by atoms with Gasteiger partial charge in [-0.05, 0) is 26.2 Å². The van der Waals surface area contributed by atoms with Crippen LogP contribution < -0.4 is 5.32 Å². The Hall–Kier alpha value is -0.980. The molecule has 20 heavy (non-hydrogen) atoms. The molecule has 0 saturated carbocycles. The highest BCUT2D eigenvalue weighted by molar-refractivity contribution is 6.07. The molecule has 112 valence electrons. The van der Waals surface area contributed by atoms with Crippen LogP contribution in [0.1, 0.15) is 26.2 Å². The number of carbonyl (C=O) groups is 1. The van der Waals surface area contributed by atoms with Gasteiger partial charge in [-0.2, -0.15) is 0 Å². The van der Waals surface area contributed by atoms with Gasteiger partial charge in [0, 0.05) is 19.6 Å². The van der Waals surface area contributed by atoms with Gasteiger partial charge in [0.2, 0.25) is 0 Å². The number of aliphatic imine (C=N–C) groups is 1. The number of carbonyl (C=O) groups excluding carboxylic acids is 1. The average Bonchev–Trinajstić information content (AvgIpc) is 2.74. The van der Waals surface area contributed by atoms with Crippen molar-refractivity contribution in [1.82, 2.24) is 10.2 Å². The van der Waals surface area contributed by atoms with Gasteiger partial charge in [0.15, 0.2) is 0 Å². The van der Waals surface area contributed by atoms with Crippen LogP contribution >= 0.6 is 0 Å². The summed E-state index contributed by atoms with van der Waals surface area (Å²) in [6.07, 6.45) is 2.87. The van der Waals surface area contributed by atoms with E-state index in [0.29, 0.717) is 13.2 Å². The maximum absolute atomic E-state index is 12.0. The fourth-order valence-electron chi connectivity index (χ4n) is 3.20. The molecule has 2 saturated heterocycles. The van der Waals surface area contributed by atoms with Gasteiger partial charge >= 0.3 is 0 Å². The molecular weight excluding hydrogens is 258 g/mol. The molecule has 0 aliphatic carbocycles. The van der Waals surface area contributed by atoms with E-state index in [1.165, 1.54) is 0 Å². The lowest BCUT2D eigenvalue weighted by Gasteiger charge is -2.36. The monoisotopic (exact) mass is 281 g/mol. The third kappa shape index (κ3) is 2.87. The van der Waals surface area contributed by atoms with Crippen molar-refractivity contribution >= 4 is 11.7 Å². The lowest BCUT2D eigenvalue weighted by atomic mass is 9.88. The number of piperidine rings is 1. The summed E-state index contributed by atoms with van der Waals surface area (Å²) < 4.78 is 11.1. The highest BCUT2D eigenvalue weighted by Crippen LogP contribution is 2.30. The number of amidine groups is 1. The Morgan fingerprint density at radius 1 is 1.40 bits per heavy atom. The van der Waals surface area contributed by atoms with Crippen LogP contribution in [-0.4, -0.2) is 67.7 Å². The van der Waals surface area contributed by atoms with E-state index in [9.17, 15) is 4.79 Å². The number of nitrogens with one attached hydrogen (secondary N) is 1. The Morgan fingerprint density at radius 3 is 2.80 bits per heavy atom. The van der Waals surface area contributed by atoms with Gasteiger partial charge in [-0.15, -0.1) is 0 Å². The summed E-state index contributed by atoms with van der Waals surface area (Å²) in [5, 5.41) is 2.83. The Kier molecular flexibility index (Phi) is 4.05. The SMILES string of the molecule is CC1=NC2(CCN(CCC3COCCO3)CC2)C(=O)N1. The van der Waals surface area contributed by atoms with Crippen LogP contribution in [0.5, 0.6) is 0 Å². The van der Waals surface area contributed by atoms with Gasteiger partial charge in [0.25, 0.3) is 5.91 Å². The quantitative estimate of drug-likeness (QED) is 0.801. The van der Waals surface area contributed by atoms with Crippen molar-refractivity contribution in [3.8, 4) is 0 Å². The minimum absolute atomic E-state index is 0.0821. The largest absolute Gasteiger partial charge is 0.376 e. The van der Waals surface area contributed by atoms with Crippen molar-refractivity contribution in [2.24, 2.45) is 4.99 Å². The minimum Gasteiger partial charge on any atom is -0.376 e. The minimum atomic E-state index is -0.481. The van der Waals surface area contributed by atoms with Crippen molar-refractivity contribution < 1.29 is 14.3 Å². The number of ether oxygens (including phenoxy) is 2. The molecule has 6 nitrogen and oxygen atoms in total. The lowest BCUT2D eigenvalue weighted by molar-refractivity contribution is -0.125. The van der Waals surface area contributed by atoms with E-state index in [4.69, 9.17) is 9.47 Å². The van der Waals surface area contributed by atoms with Crippen LogP contribution in [0.3, 0.4) is 0 Å². The van der Waals surface area contributed by atoms with Crippen molar-refractivity contribution in [2.45, 2.75) is 37.8 Å². The van der Waals surface area contributed by atoms with E-state index in [0.717, 1.165) is 51.3 Å². The molecule has 1 spiro atoms. The maximum Gasteiger partial charge on any atom is 0.253 e. The third-order valence-electron chi connectivity index (χ3n) is 4.43. The fraction of sp³-hybridized carbons (Fsp3) is 0.857. The maximum atomic E-state index is 12.0. The number of likely N-dealkylation sites (tertiary alicyclic amines) is 1. The Morgan fingerprint density at radius 2 is 2.20 bits per heavy atom. The Labute approximate surface area is 119 Å². The normalized spacial score (nSPS) is 30.4. The topological polar surface area (TPSA) is 63.2 Å². The second kappa shape index (κ2) is 5.79. The molecule has 1 amide bonds. The zero-order chi connectivity index (χ0) is 14.0.